The van der Waals surface area contributed by atoms with Gasteiger partial charge in [0.15, 0.2) is 0 Å². The van der Waals surface area contributed by atoms with Gasteiger partial charge < -0.3 is 15.1 Å². The van der Waals surface area contributed by atoms with Crippen LogP contribution in [0, 0.1) is 5.92 Å². The lowest BCUT2D eigenvalue weighted by atomic mass is 10.1. The molecule has 1 aliphatic rings. The molecule has 2 aromatic carbocycles. The number of hydrogen-bond donors (Lipinski definition) is 2. The number of benzene rings is 2. The third kappa shape index (κ3) is 6.06. The lowest BCUT2D eigenvalue weighted by molar-refractivity contribution is 0.269. The Morgan fingerprint density at radius 3 is 1.75 bits per heavy atom. The zero-order valence-corrected chi connectivity index (χ0v) is 14.7. The second-order valence-corrected chi connectivity index (χ2v) is 6.58. The number of rotatable bonds is 8. The van der Waals surface area contributed by atoms with E-state index in [1.807, 2.05) is 24.3 Å². The van der Waals surface area contributed by atoms with Crippen LogP contribution in [-0.4, -0.2) is 34.7 Å². The molecule has 1 saturated carbocycles. The fourth-order valence-electron chi connectivity index (χ4n) is 2.96. The molecule has 2 N–H and O–H groups in total. The van der Waals surface area contributed by atoms with Crippen LogP contribution in [0.1, 0.15) is 24.0 Å². The standard InChI is InChI=1S/C20H25NO2.ClH/c22-19-5-1-3-16(13-19)9-11-21(15-18-7-8-18)12-10-17-4-2-6-20(23)14-17;/h1-6,13-14,18,22-23H,7-12,15H2;1H. The summed E-state index contributed by atoms with van der Waals surface area (Å²) in [4.78, 5) is 2.52. The molecule has 0 bridgehead atoms. The summed E-state index contributed by atoms with van der Waals surface area (Å²) in [5, 5.41) is 19.1. The van der Waals surface area contributed by atoms with Gasteiger partial charge in [0.05, 0.1) is 0 Å². The van der Waals surface area contributed by atoms with Crippen LogP contribution in [0.4, 0.5) is 0 Å². The molecule has 0 amide bonds. The van der Waals surface area contributed by atoms with Crippen molar-refractivity contribution >= 4 is 12.4 Å². The highest BCUT2D eigenvalue weighted by atomic mass is 35.5. The van der Waals surface area contributed by atoms with Gasteiger partial charge in [0.25, 0.3) is 0 Å². The summed E-state index contributed by atoms with van der Waals surface area (Å²) in [5.41, 5.74) is 2.37. The van der Waals surface area contributed by atoms with Crippen molar-refractivity contribution in [3.63, 3.8) is 0 Å². The van der Waals surface area contributed by atoms with Gasteiger partial charge in [-0.25, -0.2) is 0 Å². The summed E-state index contributed by atoms with van der Waals surface area (Å²) < 4.78 is 0. The van der Waals surface area contributed by atoms with Crippen molar-refractivity contribution in [3.05, 3.63) is 59.7 Å². The molecule has 1 aliphatic carbocycles. The van der Waals surface area contributed by atoms with Crippen LogP contribution in [0.3, 0.4) is 0 Å². The molecular formula is C20H26ClNO2. The molecule has 130 valence electrons. The van der Waals surface area contributed by atoms with Crippen LogP contribution in [0.2, 0.25) is 0 Å². The highest BCUT2D eigenvalue weighted by Crippen LogP contribution is 2.30. The van der Waals surface area contributed by atoms with Gasteiger partial charge in [-0.2, -0.15) is 0 Å². The quantitative estimate of drug-likeness (QED) is 0.758. The summed E-state index contributed by atoms with van der Waals surface area (Å²) in [6, 6.07) is 15.1. The molecule has 24 heavy (non-hydrogen) atoms. The molecule has 0 aromatic heterocycles. The number of phenolic OH excluding ortho intramolecular Hbond substituents is 2. The third-order valence-electron chi connectivity index (χ3n) is 4.47. The first-order valence-electron chi connectivity index (χ1n) is 8.47. The van der Waals surface area contributed by atoms with Gasteiger partial charge in [0, 0.05) is 19.6 Å². The van der Waals surface area contributed by atoms with Gasteiger partial charge in [-0.05, 0) is 67.0 Å². The minimum absolute atomic E-state index is 0. The lowest BCUT2D eigenvalue weighted by Gasteiger charge is -2.22. The molecule has 0 aliphatic heterocycles. The van der Waals surface area contributed by atoms with E-state index in [2.05, 4.69) is 17.0 Å². The zero-order chi connectivity index (χ0) is 16.1. The SMILES string of the molecule is Cl.Oc1cccc(CCN(CCc2cccc(O)c2)CC2CC2)c1. The molecule has 4 heteroatoms. The van der Waals surface area contributed by atoms with E-state index >= 15 is 0 Å². The highest BCUT2D eigenvalue weighted by molar-refractivity contribution is 5.85. The largest absolute Gasteiger partial charge is 0.508 e. The summed E-state index contributed by atoms with van der Waals surface area (Å²) in [5.74, 6) is 1.55. The normalized spacial score (nSPS) is 13.7. The van der Waals surface area contributed by atoms with Gasteiger partial charge in [0.2, 0.25) is 0 Å². The molecule has 3 nitrogen and oxygen atoms in total. The molecule has 0 unspecified atom stereocenters. The summed E-state index contributed by atoms with van der Waals surface area (Å²) in [6.45, 7) is 3.19. The van der Waals surface area contributed by atoms with E-state index in [0.717, 1.165) is 38.4 Å². The van der Waals surface area contributed by atoms with Gasteiger partial charge in [-0.3, -0.25) is 0 Å². The fraction of sp³-hybridized carbons (Fsp3) is 0.400. The van der Waals surface area contributed by atoms with Crippen molar-refractivity contribution in [1.29, 1.82) is 0 Å². The molecule has 0 spiro atoms. The van der Waals surface area contributed by atoms with Crippen molar-refractivity contribution in [2.45, 2.75) is 25.7 Å². The van der Waals surface area contributed by atoms with Gasteiger partial charge in [-0.15, -0.1) is 12.4 Å². The van der Waals surface area contributed by atoms with Crippen LogP contribution in [-0.2, 0) is 12.8 Å². The van der Waals surface area contributed by atoms with Gasteiger partial charge in [0.1, 0.15) is 11.5 Å². The predicted molar refractivity (Wildman–Crippen MR) is 100 cm³/mol. The number of phenols is 2. The Labute approximate surface area is 150 Å². The summed E-state index contributed by atoms with van der Waals surface area (Å²) in [7, 11) is 0. The van der Waals surface area contributed by atoms with Crippen LogP contribution < -0.4 is 0 Å². The van der Waals surface area contributed by atoms with E-state index in [1.54, 1.807) is 12.1 Å². The fourth-order valence-corrected chi connectivity index (χ4v) is 2.96. The third-order valence-corrected chi connectivity index (χ3v) is 4.47. The first-order chi connectivity index (χ1) is 11.2. The Morgan fingerprint density at radius 2 is 1.33 bits per heavy atom. The Bertz CT molecular complexity index is 594. The monoisotopic (exact) mass is 347 g/mol. The van der Waals surface area contributed by atoms with Crippen molar-refractivity contribution < 1.29 is 10.2 Å². The average Bonchev–Trinajstić information content (AvgIpc) is 3.34. The maximum Gasteiger partial charge on any atom is 0.115 e. The zero-order valence-electron chi connectivity index (χ0n) is 13.9. The smallest absolute Gasteiger partial charge is 0.115 e. The highest BCUT2D eigenvalue weighted by Gasteiger charge is 2.24. The van der Waals surface area contributed by atoms with Gasteiger partial charge in [-0.1, -0.05) is 24.3 Å². The average molecular weight is 348 g/mol. The Balaban J connectivity index is 0.00000208. The van der Waals surface area contributed by atoms with Crippen LogP contribution in [0.25, 0.3) is 0 Å². The second-order valence-electron chi connectivity index (χ2n) is 6.58. The predicted octanol–water partition coefficient (Wildman–Crippen LogP) is 4.02. The van der Waals surface area contributed by atoms with E-state index in [4.69, 9.17) is 0 Å². The Kier molecular flexibility index (Phi) is 6.95. The number of halogens is 1. The van der Waals surface area contributed by atoms with Crippen molar-refractivity contribution in [2.75, 3.05) is 19.6 Å². The maximum absolute atomic E-state index is 9.57. The van der Waals surface area contributed by atoms with Crippen LogP contribution in [0.5, 0.6) is 11.5 Å². The summed E-state index contributed by atoms with van der Waals surface area (Å²) in [6.07, 6.45) is 4.63. The molecule has 1 fully saturated rings. The van der Waals surface area contributed by atoms with E-state index < -0.39 is 0 Å². The van der Waals surface area contributed by atoms with Crippen molar-refractivity contribution in [1.82, 2.24) is 4.90 Å². The van der Waals surface area contributed by atoms with Crippen molar-refractivity contribution in [3.8, 4) is 11.5 Å². The number of nitrogens with zero attached hydrogens (tertiary/aromatic N) is 1. The second kappa shape index (κ2) is 8.95. The number of hydrogen-bond acceptors (Lipinski definition) is 3. The molecule has 3 rings (SSSR count). The number of aromatic hydroxyl groups is 2. The maximum atomic E-state index is 9.57. The first-order valence-corrected chi connectivity index (χ1v) is 8.47. The minimum Gasteiger partial charge on any atom is -0.508 e. The lowest BCUT2D eigenvalue weighted by Crippen LogP contribution is -2.30. The van der Waals surface area contributed by atoms with E-state index in [0.29, 0.717) is 11.5 Å². The molecular weight excluding hydrogens is 322 g/mol. The molecule has 2 aromatic rings. The van der Waals surface area contributed by atoms with Gasteiger partial charge >= 0.3 is 0 Å². The van der Waals surface area contributed by atoms with Crippen LogP contribution in [0.15, 0.2) is 48.5 Å². The molecule has 0 heterocycles. The van der Waals surface area contributed by atoms with E-state index in [1.165, 1.54) is 24.0 Å². The molecule has 0 radical (unpaired) electrons. The topological polar surface area (TPSA) is 43.7 Å². The molecule has 0 saturated heterocycles. The molecule has 0 atom stereocenters. The Morgan fingerprint density at radius 1 is 0.833 bits per heavy atom. The van der Waals surface area contributed by atoms with Crippen LogP contribution >= 0.6 is 12.4 Å². The minimum atomic E-state index is 0. The Hall–Kier alpha value is -1.71. The van der Waals surface area contributed by atoms with E-state index in [-0.39, 0.29) is 12.4 Å². The van der Waals surface area contributed by atoms with Crippen molar-refractivity contribution in [2.24, 2.45) is 5.92 Å². The first kappa shape index (κ1) is 18.6. The van der Waals surface area contributed by atoms with E-state index in [9.17, 15) is 10.2 Å². The summed E-state index contributed by atoms with van der Waals surface area (Å²) >= 11 is 0.